The molecule has 8 nitrogen and oxygen atoms in total. The van der Waals surface area contributed by atoms with Crippen LogP contribution in [0.15, 0.2) is 26.8 Å². The molecule has 0 atom stereocenters. The van der Waals surface area contributed by atoms with Gasteiger partial charge in [0.25, 0.3) is 11.5 Å². The van der Waals surface area contributed by atoms with Crippen LogP contribution in [0.3, 0.4) is 0 Å². The molecule has 2 fully saturated rings. The Morgan fingerprint density at radius 1 is 0.800 bits per heavy atom. The van der Waals surface area contributed by atoms with Crippen molar-refractivity contribution < 1.29 is 14.7 Å². The van der Waals surface area contributed by atoms with E-state index in [-0.39, 0.29) is 39.5 Å². The molecule has 1 aromatic heterocycles. The standard InChI is InChI=1S/C32H46N4O4/c1-31(2,3)35-29(39)23(21(33-35)17-15-19-11-7-8-12-19)25-27(37)26(28(25)38)24-22(18-16-20-13-9-10-14-20)34-36(30(24)40)32(4,5)6/h19-20,33,37H,7-18H2,1-6H3/b26-24-. The topological polar surface area (TPSA) is 108 Å². The molecule has 0 unspecified atom stereocenters. The Labute approximate surface area is 237 Å². The maximum atomic E-state index is 13.8. The number of aliphatic hydroxyl groups is 1. The number of H-pyrrole nitrogens is 1. The number of aliphatic hydroxyl groups excluding tert-OH is 1. The van der Waals surface area contributed by atoms with Gasteiger partial charge in [-0.1, -0.05) is 51.4 Å². The summed E-state index contributed by atoms with van der Waals surface area (Å²) in [5.41, 5.74) is 0.376. The molecule has 0 bridgehead atoms. The highest BCUT2D eigenvalue weighted by Gasteiger charge is 2.47. The minimum absolute atomic E-state index is 0.0153. The molecule has 2 saturated carbocycles. The molecule has 1 aliphatic heterocycles. The number of hydrazone groups is 1. The molecule has 0 saturated heterocycles. The number of amides is 1. The zero-order chi connectivity index (χ0) is 29.0. The van der Waals surface area contributed by atoms with E-state index in [9.17, 15) is 19.5 Å². The molecule has 5 rings (SSSR count). The minimum Gasteiger partial charge on any atom is -0.506 e. The van der Waals surface area contributed by atoms with Gasteiger partial charge in [0.15, 0.2) is 0 Å². The van der Waals surface area contributed by atoms with E-state index in [1.807, 2.05) is 41.5 Å². The van der Waals surface area contributed by atoms with Gasteiger partial charge in [-0.25, -0.2) is 9.69 Å². The summed E-state index contributed by atoms with van der Waals surface area (Å²) in [5.74, 6) is 0.166. The Bertz CT molecular complexity index is 1350. The summed E-state index contributed by atoms with van der Waals surface area (Å²) >= 11 is 0. The number of hydrogen-bond donors (Lipinski definition) is 2. The zero-order valence-corrected chi connectivity index (χ0v) is 25.2. The van der Waals surface area contributed by atoms with Gasteiger partial charge in [-0.3, -0.25) is 19.5 Å². The fourth-order valence-electron chi connectivity index (χ4n) is 6.87. The Balaban J connectivity index is 1.55. The van der Waals surface area contributed by atoms with Crippen LogP contribution in [0.1, 0.15) is 123 Å². The highest BCUT2D eigenvalue weighted by atomic mass is 16.3. The van der Waals surface area contributed by atoms with Crippen molar-refractivity contribution in [2.45, 2.75) is 130 Å². The van der Waals surface area contributed by atoms with E-state index < -0.39 is 16.9 Å². The number of nitrogens with zero attached hydrogens (tertiary/aromatic N) is 3. The number of aryl methyl sites for hydroxylation is 1. The van der Waals surface area contributed by atoms with E-state index in [1.165, 1.54) is 56.4 Å². The third-order valence-corrected chi connectivity index (χ3v) is 9.16. The molecule has 2 heterocycles. The SMILES string of the molecule is CC(C)(C)N1N=C(CCC2CCCC2)/C(=C2/C(=O)C(c3c(CCC4CCCC4)[nH]n(C(C)(C)C)c3=O)=C2O)C1=O. The molecule has 8 heteroatoms. The number of hydrogen-bond acceptors (Lipinski definition) is 5. The molecular formula is C32H46N4O4. The Morgan fingerprint density at radius 2 is 1.35 bits per heavy atom. The second kappa shape index (κ2) is 10.5. The molecule has 0 radical (unpaired) electrons. The largest absolute Gasteiger partial charge is 0.506 e. The van der Waals surface area contributed by atoms with E-state index in [2.05, 4.69) is 10.2 Å². The van der Waals surface area contributed by atoms with Gasteiger partial charge in [-0.15, -0.1) is 0 Å². The van der Waals surface area contributed by atoms with Gasteiger partial charge in [-0.05, 0) is 79.1 Å². The number of carbonyl (C=O) groups is 2. The van der Waals surface area contributed by atoms with Gasteiger partial charge in [0, 0.05) is 5.69 Å². The van der Waals surface area contributed by atoms with E-state index in [4.69, 9.17) is 0 Å². The number of aromatic amines is 1. The Kier molecular flexibility index (Phi) is 7.51. The first kappa shape index (κ1) is 28.6. The van der Waals surface area contributed by atoms with Crippen molar-refractivity contribution in [2.24, 2.45) is 16.9 Å². The van der Waals surface area contributed by atoms with Crippen LogP contribution in [0.5, 0.6) is 0 Å². The molecule has 218 valence electrons. The van der Waals surface area contributed by atoms with Gasteiger partial charge in [0.2, 0.25) is 5.78 Å². The maximum Gasteiger partial charge on any atom is 0.277 e. The first-order valence-corrected chi connectivity index (χ1v) is 15.3. The fourth-order valence-corrected chi connectivity index (χ4v) is 6.87. The summed E-state index contributed by atoms with van der Waals surface area (Å²) in [4.78, 5) is 41.1. The molecule has 3 aliphatic carbocycles. The molecule has 0 spiro atoms. The predicted molar refractivity (Wildman–Crippen MR) is 157 cm³/mol. The predicted octanol–water partition coefficient (Wildman–Crippen LogP) is 6.17. The summed E-state index contributed by atoms with van der Waals surface area (Å²) in [6.07, 6.45) is 12.8. The Morgan fingerprint density at radius 3 is 1.85 bits per heavy atom. The molecule has 4 aliphatic rings. The average molecular weight is 551 g/mol. The van der Waals surface area contributed by atoms with Crippen molar-refractivity contribution in [3.05, 3.63) is 38.5 Å². The first-order valence-electron chi connectivity index (χ1n) is 15.3. The van der Waals surface area contributed by atoms with Gasteiger partial charge in [-0.2, -0.15) is 5.10 Å². The third kappa shape index (κ3) is 5.14. The van der Waals surface area contributed by atoms with Crippen molar-refractivity contribution in [3.8, 4) is 0 Å². The van der Waals surface area contributed by atoms with Crippen LogP contribution in [0.4, 0.5) is 0 Å². The lowest BCUT2D eigenvalue weighted by molar-refractivity contribution is -0.130. The summed E-state index contributed by atoms with van der Waals surface area (Å²) < 4.78 is 1.56. The normalized spacial score (nSPS) is 23.1. The maximum absolute atomic E-state index is 13.8. The lowest BCUT2D eigenvalue weighted by Gasteiger charge is -2.28. The summed E-state index contributed by atoms with van der Waals surface area (Å²) in [7, 11) is 0. The number of aromatic nitrogens is 2. The van der Waals surface area contributed by atoms with Crippen molar-refractivity contribution in [2.75, 3.05) is 0 Å². The lowest BCUT2D eigenvalue weighted by Crippen LogP contribution is -2.40. The number of allylic oxidation sites excluding steroid dienone is 2. The second-order valence-corrected chi connectivity index (χ2v) is 14.3. The number of ketones is 1. The van der Waals surface area contributed by atoms with Crippen molar-refractivity contribution in [1.29, 1.82) is 0 Å². The van der Waals surface area contributed by atoms with Gasteiger partial charge < -0.3 is 5.11 Å². The molecule has 1 aromatic rings. The number of Topliss-reactive ketones (excluding diaryl/α,β-unsaturated/α-hetero) is 1. The average Bonchev–Trinajstić information content (AvgIpc) is 3.66. The van der Waals surface area contributed by atoms with Gasteiger partial charge in [0.1, 0.15) is 5.76 Å². The number of nitrogens with one attached hydrogen (secondary N) is 1. The first-order chi connectivity index (χ1) is 18.8. The fraction of sp³-hybridized carbons (Fsp3) is 0.688. The van der Waals surface area contributed by atoms with Crippen LogP contribution in [-0.4, -0.2) is 42.8 Å². The quantitative estimate of drug-likeness (QED) is 0.396. The molecule has 1 amide bonds. The van der Waals surface area contributed by atoms with E-state index in [0.29, 0.717) is 36.1 Å². The van der Waals surface area contributed by atoms with Crippen LogP contribution in [-0.2, 0) is 21.5 Å². The van der Waals surface area contributed by atoms with Crippen molar-refractivity contribution >= 4 is 23.0 Å². The monoisotopic (exact) mass is 550 g/mol. The van der Waals surface area contributed by atoms with E-state index >= 15 is 0 Å². The molecule has 0 aromatic carbocycles. The number of carbonyl (C=O) groups excluding carboxylic acids is 2. The van der Waals surface area contributed by atoms with Gasteiger partial charge in [0.05, 0.1) is 39.1 Å². The van der Waals surface area contributed by atoms with E-state index in [1.54, 1.807) is 4.68 Å². The van der Waals surface area contributed by atoms with Crippen LogP contribution >= 0.6 is 0 Å². The highest BCUT2D eigenvalue weighted by molar-refractivity contribution is 6.44. The summed E-state index contributed by atoms with van der Waals surface area (Å²) in [6.45, 7) is 11.5. The molecule has 40 heavy (non-hydrogen) atoms. The zero-order valence-electron chi connectivity index (χ0n) is 25.2. The number of rotatable bonds is 7. The summed E-state index contributed by atoms with van der Waals surface area (Å²) in [6, 6.07) is 0. The molecular weight excluding hydrogens is 504 g/mol. The van der Waals surface area contributed by atoms with Crippen LogP contribution in [0.2, 0.25) is 0 Å². The van der Waals surface area contributed by atoms with Gasteiger partial charge >= 0.3 is 0 Å². The summed E-state index contributed by atoms with van der Waals surface area (Å²) in [5, 5.41) is 20.8. The van der Waals surface area contributed by atoms with E-state index in [0.717, 1.165) is 12.8 Å². The van der Waals surface area contributed by atoms with Crippen molar-refractivity contribution in [1.82, 2.24) is 14.8 Å². The second-order valence-electron chi connectivity index (χ2n) is 14.3. The highest BCUT2D eigenvalue weighted by Crippen LogP contribution is 2.42. The van der Waals surface area contributed by atoms with Crippen LogP contribution < -0.4 is 5.56 Å². The van der Waals surface area contributed by atoms with Crippen LogP contribution in [0.25, 0.3) is 5.57 Å². The molecule has 2 N–H and O–H groups in total. The Hall–Kier alpha value is -2.90. The minimum atomic E-state index is -0.568. The third-order valence-electron chi connectivity index (χ3n) is 9.16. The smallest absolute Gasteiger partial charge is 0.277 e. The van der Waals surface area contributed by atoms with Crippen molar-refractivity contribution in [3.63, 3.8) is 0 Å². The van der Waals surface area contributed by atoms with Crippen LogP contribution in [0, 0.1) is 11.8 Å². The lowest BCUT2D eigenvalue weighted by atomic mass is 9.78.